The molecule has 1 aliphatic rings. The van der Waals surface area contributed by atoms with Crippen LogP contribution >= 0.6 is 11.8 Å². The molecule has 1 saturated heterocycles. The molecule has 3 rings (SSSR count). The number of methoxy groups -OCH3 is 1. The molecule has 1 fully saturated rings. The molecule has 0 saturated carbocycles. The van der Waals surface area contributed by atoms with E-state index in [9.17, 15) is 4.79 Å². The molecular weight excluding hydrogens is 320 g/mol. The minimum Gasteiger partial charge on any atom is -0.497 e. The maximum Gasteiger partial charge on any atom is 0.272 e. The fourth-order valence-electron chi connectivity index (χ4n) is 2.76. The van der Waals surface area contributed by atoms with Crippen LogP contribution < -0.4 is 4.74 Å². The van der Waals surface area contributed by atoms with Gasteiger partial charge < -0.3 is 9.64 Å². The molecule has 1 aromatic heterocycles. The van der Waals surface area contributed by atoms with Crippen molar-refractivity contribution < 1.29 is 9.53 Å². The Bertz CT molecular complexity index is 682. The van der Waals surface area contributed by atoms with Crippen molar-refractivity contribution in [1.29, 1.82) is 0 Å². The van der Waals surface area contributed by atoms with Crippen molar-refractivity contribution in [2.24, 2.45) is 0 Å². The number of nitrogens with zero attached hydrogens (tertiary/aromatic N) is 2. The molecule has 0 aliphatic carbocycles. The molecule has 24 heavy (non-hydrogen) atoms. The van der Waals surface area contributed by atoms with Gasteiger partial charge in [-0.1, -0.05) is 12.1 Å². The van der Waals surface area contributed by atoms with Crippen LogP contribution in [-0.4, -0.2) is 47.5 Å². The maximum atomic E-state index is 12.5. The van der Waals surface area contributed by atoms with Gasteiger partial charge in [-0.25, -0.2) is 0 Å². The maximum absolute atomic E-state index is 12.5. The smallest absolute Gasteiger partial charge is 0.272 e. The van der Waals surface area contributed by atoms with Crippen molar-refractivity contribution in [1.82, 2.24) is 9.88 Å². The Morgan fingerprint density at radius 3 is 2.54 bits per heavy atom. The summed E-state index contributed by atoms with van der Waals surface area (Å²) >= 11 is 1.90. The van der Waals surface area contributed by atoms with Gasteiger partial charge in [0.25, 0.3) is 5.91 Å². The van der Waals surface area contributed by atoms with E-state index in [2.05, 4.69) is 17.1 Å². The average Bonchev–Trinajstić information content (AvgIpc) is 2.67. The quantitative estimate of drug-likeness (QED) is 0.837. The highest BCUT2D eigenvalue weighted by atomic mass is 32.2. The van der Waals surface area contributed by atoms with Crippen LogP contribution in [-0.2, 0) is 12.8 Å². The lowest BCUT2D eigenvalue weighted by atomic mass is 10.0. The minimum absolute atomic E-state index is 0.0570. The summed E-state index contributed by atoms with van der Waals surface area (Å²) in [7, 11) is 1.67. The molecule has 1 amide bonds. The number of carbonyl (C=O) groups excluding carboxylic acids is 1. The van der Waals surface area contributed by atoms with E-state index in [0.29, 0.717) is 5.69 Å². The molecule has 0 bridgehead atoms. The van der Waals surface area contributed by atoms with E-state index >= 15 is 0 Å². The van der Waals surface area contributed by atoms with Crippen LogP contribution in [0.4, 0.5) is 0 Å². The summed E-state index contributed by atoms with van der Waals surface area (Å²) in [6, 6.07) is 12.0. The fraction of sp³-hybridized carbons (Fsp3) is 0.368. The Morgan fingerprint density at radius 1 is 1.12 bits per heavy atom. The number of benzene rings is 1. The number of carbonyl (C=O) groups is 1. The van der Waals surface area contributed by atoms with Gasteiger partial charge in [-0.05, 0) is 48.2 Å². The number of amides is 1. The van der Waals surface area contributed by atoms with Crippen molar-refractivity contribution in [2.75, 3.05) is 31.7 Å². The van der Waals surface area contributed by atoms with Crippen LogP contribution in [0.5, 0.6) is 5.75 Å². The molecule has 5 heteroatoms. The van der Waals surface area contributed by atoms with Gasteiger partial charge in [-0.3, -0.25) is 9.78 Å². The summed E-state index contributed by atoms with van der Waals surface area (Å²) in [6.07, 6.45) is 3.57. The van der Waals surface area contributed by atoms with Gasteiger partial charge >= 0.3 is 0 Å². The van der Waals surface area contributed by atoms with Crippen molar-refractivity contribution in [3.63, 3.8) is 0 Å². The first-order valence-electron chi connectivity index (χ1n) is 8.21. The number of hydrogen-bond acceptors (Lipinski definition) is 4. The Kier molecular flexibility index (Phi) is 5.75. The van der Waals surface area contributed by atoms with Gasteiger partial charge in [0.2, 0.25) is 0 Å². The van der Waals surface area contributed by atoms with Crippen LogP contribution in [0.2, 0.25) is 0 Å². The van der Waals surface area contributed by atoms with E-state index in [0.717, 1.165) is 48.7 Å². The minimum atomic E-state index is 0.0570. The molecule has 1 aliphatic heterocycles. The predicted octanol–water partition coefficient (Wildman–Crippen LogP) is 3.06. The monoisotopic (exact) mass is 342 g/mol. The Balaban J connectivity index is 1.62. The molecular formula is C19H22N2O2S. The summed E-state index contributed by atoms with van der Waals surface area (Å²) in [5, 5.41) is 0. The van der Waals surface area contributed by atoms with Gasteiger partial charge in [0.1, 0.15) is 11.4 Å². The standard InChI is InChI=1S/C19H22N2O2S/c1-23-17-6-4-15(5-7-17)2-3-16-8-9-20-18(14-16)19(22)21-10-12-24-13-11-21/h4-9,14H,2-3,10-13H2,1H3. The lowest BCUT2D eigenvalue weighted by Crippen LogP contribution is -2.38. The fourth-order valence-corrected chi connectivity index (χ4v) is 3.66. The van der Waals surface area contributed by atoms with Crippen LogP contribution in [0.3, 0.4) is 0 Å². The van der Waals surface area contributed by atoms with Crippen LogP contribution in [0, 0.1) is 0 Å². The van der Waals surface area contributed by atoms with E-state index in [1.54, 1.807) is 13.3 Å². The Labute approximate surface area is 147 Å². The Morgan fingerprint density at radius 2 is 1.83 bits per heavy atom. The van der Waals surface area contributed by atoms with E-state index in [1.807, 2.05) is 40.9 Å². The summed E-state index contributed by atoms with van der Waals surface area (Å²) < 4.78 is 5.18. The highest BCUT2D eigenvalue weighted by molar-refractivity contribution is 7.99. The number of ether oxygens (including phenoxy) is 1. The number of rotatable bonds is 5. The first-order chi connectivity index (χ1) is 11.8. The second kappa shape index (κ2) is 8.20. The molecule has 4 nitrogen and oxygen atoms in total. The summed E-state index contributed by atoms with van der Waals surface area (Å²) in [5.41, 5.74) is 2.97. The van der Waals surface area contributed by atoms with Gasteiger partial charge in [-0.2, -0.15) is 11.8 Å². The van der Waals surface area contributed by atoms with Gasteiger partial charge in [0, 0.05) is 30.8 Å². The number of pyridine rings is 1. The zero-order valence-corrected chi connectivity index (χ0v) is 14.7. The molecule has 0 unspecified atom stereocenters. The van der Waals surface area contributed by atoms with Crippen LogP contribution in [0.15, 0.2) is 42.6 Å². The summed E-state index contributed by atoms with van der Waals surface area (Å²) in [6.45, 7) is 1.64. The van der Waals surface area contributed by atoms with Crippen LogP contribution in [0.25, 0.3) is 0 Å². The number of aryl methyl sites for hydroxylation is 2. The van der Waals surface area contributed by atoms with E-state index in [-0.39, 0.29) is 5.91 Å². The summed E-state index contributed by atoms with van der Waals surface area (Å²) in [4.78, 5) is 18.7. The molecule has 0 radical (unpaired) electrons. The normalized spacial score (nSPS) is 14.5. The molecule has 0 N–H and O–H groups in total. The van der Waals surface area contributed by atoms with E-state index in [4.69, 9.17) is 4.74 Å². The topological polar surface area (TPSA) is 42.4 Å². The lowest BCUT2D eigenvalue weighted by molar-refractivity contribution is 0.0766. The summed E-state index contributed by atoms with van der Waals surface area (Å²) in [5.74, 6) is 2.96. The largest absolute Gasteiger partial charge is 0.497 e. The first kappa shape index (κ1) is 16.8. The van der Waals surface area contributed by atoms with E-state index < -0.39 is 0 Å². The number of hydrogen-bond donors (Lipinski definition) is 0. The van der Waals surface area contributed by atoms with E-state index in [1.165, 1.54) is 5.56 Å². The molecule has 126 valence electrons. The highest BCUT2D eigenvalue weighted by Gasteiger charge is 2.19. The van der Waals surface area contributed by atoms with Gasteiger partial charge in [0.05, 0.1) is 7.11 Å². The SMILES string of the molecule is COc1ccc(CCc2ccnc(C(=O)N3CCSCC3)c2)cc1. The third kappa shape index (κ3) is 4.29. The predicted molar refractivity (Wildman–Crippen MR) is 97.9 cm³/mol. The average molecular weight is 342 g/mol. The Hall–Kier alpha value is -2.01. The van der Waals surface area contributed by atoms with Crippen molar-refractivity contribution in [3.05, 3.63) is 59.4 Å². The second-order valence-electron chi connectivity index (χ2n) is 5.80. The molecule has 1 aromatic carbocycles. The first-order valence-corrected chi connectivity index (χ1v) is 9.36. The van der Waals surface area contributed by atoms with Crippen LogP contribution in [0.1, 0.15) is 21.6 Å². The van der Waals surface area contributed by atoms with Crippen molar-refractivity contribution in [3.8, 4) is 5.75 Å². The lowest BCUT2D eigenvalue weighted by Gasteiger charge is -2.26. The highest BCUT2D eigenvalue weighted by Crippen LogP contribution is 2.15. The molecule has 2 heterocycles. The van der Waals surface area contributed by atoms with Crippen molar-refractivity contribution >= 4 is 17.7 Å². The number of thioether (sulfide) groups is 1. The number of aromatic nitrogens is 1. The van der Waals surface area contributed by atoms with Gasteiger partial charge in [-0.15, -0.1) is 0 Å². The molecule has 0 atom stereocenters. The third-order valence-electron chi connectivity index (χ3n) is 4.20. The van der Waals surface area contributed by atoms with Crippen molar-refractivity contribution in [2.45, 2.75) is 12.8 Å². The third-order valence-corrected chi connectivity index (χ3v) is 5.15. The zero-order valence-electron chi connectivity index (χ0n) is 13.9. The molecule has 0 spiro atoms. The van der Waals surface area contributed by atoms with Gasteiger partial charge in [0.15, 0.2) is 0 Å². The second-order valence-corrected chi connectivity index (χ2v) is 7.03. The zero-order chi connectivity index (χ0) is 16.8. The molecule has 2 aromatic rings.